The lowest BCUT2D eigenvalue weighted by Crippen LogP contribution is -2.33. The standard InChI is InChI=1S/C23H25ClN8O5S/c1-13-10-25-19(26-11-13)18(35-3)14(2)38(33,34)31-23-30-29-20(15-7-6-8-16(24)9-15)32(23)17-21(36-4)27-12-28-22(17)37-5/h6-12,14,18H,1-5H3,(H,30,31). The van der Waals surface area contributed by atoms with E-state index in [2.05, 4.69) is 34.9 Å². The van der Waals surface area contributed by atoms with E-state index in [1.807, 2.05) is 6.92 Å². The molecule has 0 fully saturated rings. The normalized spacial score (nSPS) is 13.1. The van der Waals surface area contributed by atoms with Crippen LogP contribution in [0.4, 0.5) is 5.95 Å². The number of nitrogens with one attached hydrogen (secondary N) is 1. The quantitative estimate of drug-likeness (QED) is 0.304. The summed E-state index contributed by atoms with van der Waals surface area (Å²) in [4.78, 5) is 16.8. The molecule has 200 valence electrons. The zero-order chi connectivity index (χ0) is 27.4. The van der Waals surface area contributed by atoms with Crippen LogP contribution in [0.2, 0.25) is 5.02 Å². The van der Waals surface area contributed by atoms with E-state index in [9.17, 15) is 8.42 Å². The van der Waals surface area contributed by atoms with Gasteiger partial charge in [0.2, 0.25) is 27.7 Å². The van der Waals surface area contributed by atoms with Crippen molar-refractivity contribution in [2.45, 2.75) is 25.2 Å². The van der Waals surface area contributed by atoms with Crippen LogP contribution in [0.3, 0.4) is 0 Å². The zero-order valence-electron chi connectivity index (χ0n) is 21.2. The van der Waals surface area contributed by atoms with Gasteiger partial charge in [-0.05, 0) is 31.5 Å². The number of rotatable bonds is 10. The van der Waals surface area contributed by atoms with Crippen molar-refractivity contribution in [3.05, 3.63) is 59.4 Å². The SMILES string of the molecule is COc1ncnc(OC)c1-n1c(NS(=O)(=O)C(C)C(OC)c2ncc(C)cn2)nnc1-c1cccc(Cl)c1. The van der Waals surface area contributed by atoms with E-state index in [1.165, 1.54) is 39.1 Å². The van der Waals surface area contributed by atoms with Crippen molar-refractivity contribution < 1.29 is 22.6 Å². The molecule has 0 radical (unpaired) electrons. The van der Waals surface area contributed by atoms with Crippen molar-refractivity contribution >= 4 is 27.6 Å². The molecule has 0 amide bonds. The van der Waals surface area contributed by atoms with Crippen LogP contribution >= 0.6 is 11.6 Å². The van der Waals surface area contributed by atoms with Crippen molar-refractivity contribution in [2.75, 3.05) is 26.1 Å². The van der Waals surface area contributed by atoms with E-state index < -0.39 is 21.4 Å². The lowest BCUT2D eigenvalue weighted by atomic mass is 10.2. The van der Waals surface area contributed by atoms with Crippen LogP contribution < -0.4 is 14.2 Å². The van der Waals surface area contributed by atoms with Gasteiger partial charge < -0.3 is 14.2 Å². The fraction of sp³-hybridized carbons (Fsp3) is 0.304. The molecule has 3 aromatic heterocycles. The second kappa shape index (κ2) is 11.2. The first-order valence-corrected chi connectivity index (χ1v) is 13.1. The van der Waals surface area contributed by atoms with Crippen LogP contribution in [0, 0.1) is 6.92 Å². The smallest absolute Gasteiger partial charge is 0.245 e. The Kier molecular flexibility index (Phi) is 8.04. The average Bonchev–Trinajstić information content (AvgIpc) is 3.31. The number of aromatic nitrogens is 7. The molecule has 1 aromatic carbocycles. The van der Waals surface area contributed by atoms with Gasteiger partial charge in [0.15, 0.2) is 17.3 Å². The summed E-state index contributed by atoms with van der Waals surface area (Å²) in [6, 6.07) is 6.82. The van der Waals surface area contributed by atoms with Gasteiger partial charge in [-0.1, -0.05) is 23.7 Å². The molecular formula is C23H25ClN8O5S. The van der Waals surface area contributed by atoms with Crippen molar-refractivity contribution in [1.82, 2.24) is 34.7 Å². The maximum absolute atomic E-state index is 13.6. The lowest BCUT2D eigenvalue weighted by molar-refractivity contribution is 0.0949. The number of aryl methyl sites for hydroxylation is 1. The molecule has 0 aliphatic heterocycles. The first-order chi connectivity index (χ1) is 18.2. The number of nitrogens with zero attached hydrogens (tertiary/aromatic N) is 7. The average molecular weight is 561 g/mol. The monoisotopic (exact) mass is 560 g/mol. The van der Waals surface area contributed by atoms with Crippen LogP contribution in [-0.2, 0) is 14.8 Å². The second-order valence-corrected chi connectivity index (χ2v) is 10.5. The Hall–Kier alpha value is -3.88. The molecule has 38 heavy (non-hydrogen) atoms. The molecule has 0 saturated carbocycles. The molecule has 0 bridgehead atoms. The first kappa shape index (κ1) is 27.2. The number of hydrogen-bond donors (Lipinski definition) is 1. The highest BCUT2D eigenvalue weighted by Gasteiger charge is 2.35. The van der Waals surface area contributed by atoms with Gasteiger partial charge in [-0.2, -0.15) is 9.97 Å². The number of ether oxygens (including phenoxy) is 3. The summed E-state index contributed by atoms with van der Waals surface area (Å²) in [5, 5.41) is 7.67. The van der Waals surface area contributed by atoms with E-state index in [1.54, 1.807) is 36.7 Å². The molecule has 3 heterocycles. The number of benzene rings is 1. The van der Waals surface area contributed by atoms with Crippen LogP contribution in [0.15, 0.2) is 43.0 Å². The maximum atomic E-state index is 13.6. The molecule has 4 aromatic rings. The Morgan fingerprint density at radius 3 is 2.24 bits per heavy atom. The molecule has 2 unspecified atom stereocenters. The molecule has 4 rings (SSSR count). The molecule has 0 aliphatic rings. The summed E-state index contributed by atoms with van der Waals surface area (Å²) >= 11 is 6.22. The minimum Gasteiger partial charge on any atom is -0.479 e. The van der Waals surface area contributed by atoms with Crippen LogP contribution in [0.5, 0.6) is 11.8 Å². The predicted molar refractivity (Wildman–Crippen MR) is 139 cm³/mol. The number of sulfonamides is 1. The third-order valence-corrected chi connectivity index (χ3v) is 7.50. The molecule has 13 nitrogen and oxygen atoms in total. The van der Waals surface area contributed by atoms with Crippen LogP contribution in [0.1, 0.15) is 24.4 Å². The van der Waals surface area contributed by atoms with Gasteiger partial charge in [0, 0.05) is 30.1 Å². The summed E-state index contributed by atoms with van der Waals surface area (Å²) in [7, 11) is 0.0454. The van der Waals surface area contributed by atoms with Crippen LogP contribution in [-0.4, -0.2) is 69.7 Å². The Morgan fingerprint density at radius 1 is 1.00 bits per heavy atom. The summed E-state index contributed by atoms with van der Waals surface area (Å²) < 4.78 is 47.4. The number of halogens is 1. The van der Waals surface area contributed by atoms with Gasteiger partial charge in [-0.25, -0.2) is 18.4 Å². The highest BCUT2D eigenvalue weighted by molar-refractivity contribution is 7.93. The van der Waals surface area contributed by atoms with E-state index in [4.69, 9.17) is 25.8 Å². The van der Waals surface area contributed by atoms with Gasteiger partial charge in [-0.3, -0.25) is 9.29 Å². The molecule has 0 spiro atoms. The fourth-order valence-electron chi connectivity index (χ4n) is 3.65. The Bertz CT molecular complexity index is 1510. The summed E-state index contributed by atoms with van der Waals surface area (Å²) in [6.07, 6.45) is 3.45. The van der Waals surface area contributed by atoms with Gasteiger partial charge in [0.05, 0.1) is 14.2 Å². The first-order valence-electron chi connectivity index (χ1n) is 11.2. The van der Waals surface area contributed by atoms with Gasteiger partial charge in [0.1, 0.15) is 17.7 Å². The summed E-state index contributed by atoms with van der Waals surface area (Å²) in [6.45, 7) is 3.30. The Balaban J connectivity index is 1.84. The Labute approximate surface area is 224 Å². The predicted octanol–water partition coefficient (Wildman–Crippen LogP) is 3.01. The Morgan fingerprint density at radius 2 is 1.66 bits per heavy atom. The maximum Gasteiger partial charge on any atom is 0.245 e. The number of anilines is 1. The van der Waals surface area contributed by atoms with Gasteiger partial charge in [0.25, 0.3) is 0 Å². The zero-order valence-corrected chi connectivity index (χ0v) is 22.7. The molecule has 15 heteroatoms. The van der Waals surface area contributed by atoms with Crippen molar-refractivity contribution in [1.29, 1.82) is 0 Å². The fourth-order valence-corrected chi connectivity index (χ4v) is 4.97. The largest absolute Gasteiger partial charge is 0.479 e. The summed E-state index contributed by atoms with van der Waals surface area (Å²) in [5.74, 6) is 0.469. The molecule has 2 atom stereocenters. The molecule has 1 N–H and O–H groups in total. The van der Waals surface area contributed by atoms with Crippen molar-refractivity contribution in [3.63, 3.8) is 0 Å². The minimum absolute atomic E-state index is 0.0937. The van der Waals surface area contributed by atoms with Crippen molar-refractivity contribution in [3.8, 4) is 28.8 Å². The number of hydrogen-bond acceptors (Lipinski definition) is 11. The molecule has 0 aliphatic carbocycles. The van der Waals surface area contributed by atoms with E-state index >= 15 is 0 Å². The topological polar surface area (TPSA) is 156 Å². The summed E-state index contributed by atoms with van der Waals surface area (Å²) in [5.41, 5.74) is 1.54. The number of methoxy groups -OCH3 is 3. The molecular weight excluding hydrogens is 536 g/mol. The third kappa shape index (κ3) is 5.37. The highest BCUT2D eigenvalue weighted by atomic mass is 35.5. The van der Waals surface area contributed by atoms with Crippen LogP contribution in [0.25, 0.3) is 17.1 Å². The van der Waals surface area contributed by atoms with E-state index in [-0.39, 0.29) is 35.0 Å². The van der Waals surface area contributed by atoms with E-state index in [0.717, 1.165) is 5.56 Å². The molecule has 0 saturated heterocycles. The highest BCUT2D eigenvalue weighted by Crippen LogP contribution is 2.36. The third-order valence-electron chi connectivity index (χ3n) is 5.57. The van der Waals surface area contributed by atoms with E-state index in [0.29, 0.717) is 10.6 Å². The minimum atomic E-state index is -4.16. The second-order valence-electron chi connectivity index (χ2n) is 8.06. The van der Waals surface area contributed by atoms with Gasteiger partial charge in [-0.15, -0.1) is 10.2 Å². The lowest BCUT2D eigenvalue weighted by Gasteiger charge is -2.22. The van der Waals surface area contributed by atoms with Gasteiger partial charge >= 0.3 is 0 Å². The van der Waals surface area contributed by atoms with Crippen molar-refractivity contribution in [2.24, 2.45) is 0 Å².